The maximum absolute atomic E-state index is 8.16. The molecule has 12 heavy (non-hydrogen) atoms. The Hall–Kier alpha value is -0.770. The molecule has 4 nitrogen and oxygen atoms in total. The van der Waals surface area contributed by atoms with E-state index in [2.05, 4.69) is 12.1 Å². The van der Waals surface area contributed by atoms with Gasteiger partial charge in [0.25, 0.3) is 0 Å². The molecule has 4 heteroatoms. The standard InChI is InChI=1S/C8H18N2O2/c1-2-3-4-5-6-12-7-8(9)10-11/h11H,2-7H2,1H3,(H2,9,10). The van der Waals surface area contributed by atoms with E-state index in [9.17, 15) is 0 Å². The summed E-state index contributed by atoms with van der Waals surface area (Å²) in [6.07, 6.45) is 4.70. The van der Waals surface area contributed by atoms with Gasteiger partial charge in [-0.25, -0.2) is 0 Å². The first-order chi connectivity index (χ1) is 5.81. The fourth-order valence-electron chi connectivity index (χ4n) is 0.837. The summed E-state index contributed by atoms with van der Waals surface area (Å²) in [5, 5.41) is 11.0. The summed E-state index contributed by atoms with van der Waals surface area (Å²) in [7, 11) is 0. The Balaban J connectivity index is 3.00. The van der Waals surface area contributed by atoms with Crippen LogP contribution in [-0.2, 0) is 4.74 Å². The van der Waals surface area contributed by atoms with Gasteiger partial charge in [-0.05, 0) is 6.42 Å². The predicted molar refractivity (Wildman–Crippen MR) is 48.4 cm³/mol. The van der Waals surface area contributed by atoms with E-state index in [1.807, 2.05) is 0 Å². The van der Waals surface area contributed by atoms with Gasteiger partial charge in [-0.2, -0.15) is 0 Å². The maximum Gasteiger partial charge on any atom is 0.165 e. The van der Waals surface area contributed by atoms with Crippen LogP contribution in [0.15, 0.2) is 5.16 Å². The largest absolute Gasteiger partial charge is 0.409 e. The number of amidine groups is 1. The molecule has 0 aromatic rings. The van der Waals surface area contributed by atoms with Gasteiger partial charge in [0.2, 0.25) is 0 Å². The zero-order valence-electron chi connectivity index (χ0n) is 7.62. The van der Waals surface area contributed by atoms with E-state index in [0.717, 1.165) is 6.42 Å². The highest BCUT2D eigenvalue weighted by atomic mass is 16.5. The molecule has 0 saturated heterocycles. The minimum atomic E-state index is 0.130. The van der Waals surface area contributed by atoms with Gasteiger partial charge in [0.1, 0.15) is 6.61 Å². The molecule has 0 fully saturated rings. The predicted octanol–water partition coefficient (Wildman–Crippen LogP) is 1.33. The minimum absolute atomic E-state index is 0.130. The number of oxime groups is 1. The summed E-state index contributed by atoms with van der Waals surface area (Å²) < 4.78 is 5.12. The molecule has 0 radical (unpaired) electrons. The first-order valence-electron chi connectivity index (χ1n) is 4.35. The van der Waals surface area contributed by atoms with Crippen LogP contribution in [0.25, 0.3) is 0 Å². The van der Waals surface area contributed by atoms with Crippen LogP contribution in [0, 0.1) is 0 Å². The summed E-state index contributed by atoms with van der Waals surface area (Å²) in [4.78, 5) is 0. The summed E-state index contributed by atoms with van der Waals surface area (Å²) in [5.74, 6) is 0.130. The number of rotatable bonds is 7. The number of unbranched alkanes of at least 4 members (excludes halogenated alkanes) is 3. The van der Waals surface area contributed by atoms with E-state index in [1.165, 1.54) is 19.3 Å². The Morgan fingerprint density at radius 3 is 2.75 bits per heavy atom. The van der Waals surface area contributed by atoms with Gasteiger partial charge in [-0.15, -0.1) is 0 Å². The fraction of sp³-hybridized carbons (Fsp3) is 0.875. The molecular formula is C8H18N2O2. The number of hydrogen-bond donors (Lipinski definition) is 2. The van der Waals surface area contributed by atoms with Gasteiger partial charge < -0.3 is 15.7 Å². The van der Waals surface area contributed by atoms with Crippen LogP contribution in [0.4, 0.5) is 0 Å². The molecule has 3 N–H and O–H groups in total. The van der Waals surface area contributed by atoms with Crippen molar-refractivity contribution in [2.45, 2.75) is 32.6 Å². The highest BCUT2D eigenvalue weighted by molar-refractivity contribution is 5.80. The van der Waals surface area contributed by atoms with Crippen molar-refractivity contribution >= 4 is 5.84 Å². The molecule has 0 atom stereocenters. The lowest BCUT2D eigenvalue weighted by molar-refractivity contribution is 0.162. The summed E-state index contributed by atoms with van der Waals surface area (Å²) in [6.45, 7) is 3.08. The van der Waals surface area contributed by atoms with Crippen molar-refractivity contribution in [1.82, 2.24) is 0 Å². The van der Waals surface area contributed by atoms with Crippen LogP contribution in [0.1, 0.15) is 32.6 Å². The summed E-state index contributed by atoms with van der Waals surface area (Å²) in [5.41, 5.74) is 5.19. The molecule has 0 aliphatic heterocycles. The molecule has 0 bridgehead atoms. The van der Waals surface area contributed by atoms with Gasteiger partial charge in [-0.1, -0.05) is 31.3 Å². The third-order valence-corrected chi connectivity index (χ3v) is 1.52. The molecule has 0 aliphatic rings. The normalized spacial score (nSPS) is 11.9. The third-order valence-electron chi connectivity index (χ3n) is 1.52. The highest BCUT2D eigenvalue weighted by Gasteiger charge is 1.92. The van der Waals surface area contributed by atoms with Crippen molar-refractivity contribution < 1.29 is 9.94 Å². The average molecular weight is 174 g/mol. The van der Waals surface area contributed by atoms with Gasteiger partial charge >= 0.3 is 0 Å². The number of nitrogens with zero attached hydrogens (tertiary/aromatic N) is 1. The topological polar surface area (TPSA) is 67.8 Å². The van der Waals surface area contributed by atoms with Crippen LogP contribution in [0.2, 0.25) is 0 Å². The summed E-state index contributed by atoms with van der Waals surface area (Å²) in [6, 6.07) is 0. The number of hydrogen-bond acceptors (Lipinski definition) is 3. The number of ether oxygens (including phenoxy) is 1. The monoisotopic (exact) mass is 174 g/mol. The lowest BCUT2D eigenvalue weighted by Crippen LogP contribution is -2.19. The third kappa shape index (κ3) is 7.34. The first-order valence-corrected chi connectivity index (χ1v) is 4.35. The van der Waals surface area contributed by atoms with E-state index in [-0.39, 0.29) is 12.4 Å². The van der Waals surface area contributed by atoms with Crippen LogP contribution in [0.5, 0.6) is 0 Å². The molecule has 0 amide bonds. The Bertz CT molecular complexity index is 126. The molecule has 0 unspecified atom stereocenters. The smallest absolute Gasteiger partial charge is 0.165 e. The van der Waals surface area contributed by atoms with Crippen molar-refractivity contribution in [3.05, 3.63) is 0 Å². The van der Waals surface area contributed by atoms with Crippen LogP contribution in [-0.4, -0.2) is 24.3 Å². The first kappa shape index (κ1) is 11.2. The molecule has 0 spiro atoms. The van der Waals surface area contributed by atoms with Gasteiger partial charge in [0.15, 0.2) is 5.84 Å². The molecule has 0 saturated carbocycles. The van der Waals surface area contributed by atoms with Crippen LogP contribution in [0.3, 0.4) is 0 Å². The van der Waals surface area contributed by atoms with E-state index in [1.54, 1.807) is 0 Å². The van der Waals surface area contributed by atoms with Gasteiger partial charge in [0.05, 0.1) is 0 Å². The van der Waals surface area contributed by atoms with E-state index in [0.29, 0.717) is 6.61 Å². The molecule has 72 valence electrons. The van der Waals surface area contributed by atoms with E-state index < -0.39 is 0 Å². The van der Waals surface area contributed by atoms with Crippen molar-refractivity contribution in [1.29, 1.82) is 0 Å². The number of nitrogens with two attached hydrogens (primary N) is 1. The van der Waals surface area contributed by atoms with Crippen molar-refractivity contribution in [3.63, 3.8) is 0 Å². The zero-order valence-corrected chi connectivity index (χ0v) is 7.62. The lowest BCUT2D eigenvalue weighted by Gasteiger charge is -2.01. The quantitative estimate of drug-likeness (QED) is 0.201. The lowest BCUT2D eigenvalue weighted by atomic mass is 10.2. The Labute approximate surface area is 73.4 Å². The van der Waals surface area contributed by atoms with Gasteiger partial charge in [-0.3, -0.25) is 0 Å². The summed E-state index contributed by atoms with van der Waals surface area (Å²) >= 11 is 0. The Morgan fingerprint density at radius 1 is 1.42 bits per heavy atom. The SMILES string of the molecule is CCCCCCOC/C(N)=N/O. The van der Waals surface area contributed by atoms with E-state index >= 15 is 0 Å². The van der Waals surface area contributed by atoms with Crippen molar-refractivity contribution in [2.24, 2.45) is 10.9 Å². The Morgan fingerprint density at radius 2 is 2.17 bits per heavy atom. The second kappa shape index (κ2) is 8.33. The highest BCUT2D eigenvalue weighted by Crippen LogP contribution is 1.98. The molecule has 0 aromatic heterocycles. The molecule has 0 rings (SSSR count). The fourth-order valence-corrected chi connectivity index (χ4v) is 0.837. The van der Waals surface area contributed by atoms with Gasteiger partial charge in [0, 0.05) is 6.61 Å². The van der Waals surface area contributed by atoms with Crippen molar-refractivity contribution in [3.8, 4) is 0 Å². The zero-order chi connectivity index (χ0) is 9.23. The molecule has 0 heterocycles. The van der Waals surface area contributed by atoms with E-state index in [4.69, 9.17) is 15.7 Å². The second-order valence-corrected chi connectivity index (χ2v) is 2.70. The van der Waals surface area contributed by atoms with Crippen LogP contribution < -0.4 is 5.73 Å². The maximum atomic E-state index is 8.16. The van der Waals surface area contributed by atoms with Crippen LogP contribution >= 0.6 is 0 Å². The van der Waals surface area contributed by atoms with Crippen molar-refractivity contribution in [2.75, 3.05) is 13.2 Å². The molecular weight excluding hydrogens is 156 g/mol. The average Bonchev–Trinajstić information content (AvgIpc) is 2.10. The minimum Gasteiger partial charge on any atom is -0.409 e. The molecule has 0 aromatic carbocycles. The Kier molecular flexibility index (Phi) is 7.79. The second-order valence-electron chi connectivity index (χ2n) is 2.70. The molecule has 0 aliphatic carbocycles.